The summed E-state index contributed by atoms with van der Waals surface area (Å²) in [6.45, 7) is 8.87. The third-order valence-corrected chi connectivity index (χ3v) is 4.45. The van der Waals surface area contributed by atoms with E-state index in [2.05, 4.69) is 22.2 Å². The molecular formula is C21H31N5O4. The molecule has 30 heavy (non-hydrogen) atoms. The molecule has 3 N–H and O–H groups in total. The van der Waals surface area contributed by atoms with E-state index in [0.29, 0.717) is 41.4 Å². The largest absolute Gasteiger partial charge is 0.493 e. The third-order valence-electron chi connectivity index (χ3n) is 4.45. The van der Waals surface area contributed by atoms with Crippen molar-refractivity contribution in [2.75, 3.05) is 39.2 Å². The maximum absolute atomic E-state index is 11.4. The van der Waals surface area contributed by atoms with Crippen LogP contribution in [-0.2, 0) is 4.74 Å². The number of rotatable bonds is 11. The molecule has 0 fully saturated rings. The summed E-state index contributed by atoms with van der Waals surface area (Å²) in [5, 5.41) is 14.5. The topological polar surface area (TPSA) is 110 Å². The van der Waals surface area contributed by atoms with Gasteiger partial charge in [-0.2, -0.15) is 0 Å². The number of methoxy groups -OCH3 is 2. The number of hydrogen-bond donors (Lipinski definition) is 3. The van der Waals surface area contributed by atoms with Gasteiger partial charge in [0.1, 0.15) is 6.61 Å². The van der Waals surface area contributed by atoms with Gasteiger partial charge in [-0.15, -0.1) is 0 Å². The molecule has 1 aromatic heterocycles. The van der Waals surface area contributed by atoms with E-state index in [4.69, 9.17) is 19.6 Å². The van der Waals surface area contributed by atoms with Gasteiger partial charge in [-0.25, -0.2) is 9.78 Å². The van der Waals surface area contributed by atoms with Crippen molar-refractivity contribution >= 4 is 22.9 Å². The Morgan fingerprint density at radius 1 is 1.23 bits per heavy atom. The molecule has 1 amide bonds. The molecule has 0 saturated heterocycles. The van der Waals surface area contributed by atoms with E-state index in [-0.39, 0.29) is 12.6 Å². The zero-order chi connectivity index (χ0) is 22.1. The lowest BCUT2D eigenvalue weighted by atomic mass is 10.2. The van der Waals surface area contributed by atoms with Crippen LogP contribution in [0, 0.1) is 5.41 Å². The van der Waals surface area contributed by atoms with Gasteiger partial charge in [0.2, 0.25) is 0 Å². The Morgan fingerprint density at radius 2 is 1.90 bits per heavy atom. The fourth-order valence-corrected chi connectivity index (χ4v) is 3.04. The van der Waals surface area contributed by atoms with Gasteiger partial charge in [-0.05, 0) is 26.7 Å². The van der Waals surface area contributed by atoms with Crippen molar-refractivity contribution in [3.8, 4) is 11.5 Å². The van der Waals surface area contributed by atoms with E-state index < -0.39 is 6.09 Å². The van der Waals surface area contributed by atoms with Crippen molar-refractivity contribution in [2.24, 2.45) is 0 Å². The van der Waals surface area contributed by atoms with Crippen LogP contribution in [0.1, 0.15) is 32.7 Å². The van der Waals surface area contributed by atoms with E-state index in [9.17, 15) is 4.79 Å². The highest BCUT2D eigenvalue weighted by atomic mass is 16.5. The minimum absolute atomic E-state index is 0.0624. The second kappa shape index (κ2) is 11.1. The molecule has 0 radical (unpaired) electrons. The second-order valence-electron chi connectivity index (χ2n) is 6.92. The van der Waals surface area contributed by atoms with Crippen molar-refractivity contribution in [3.63, 3.8) is 0 Å². The summed E-state index contributed by atoms with van der Waals surface area (Å²) < 4.78 is 17.6. The van der Waals surface area contributed by atoms with Crippen molar-refractivity contribution in [1.82, 2.24) is 14.9 Å². The average Bonchev–Trinajstić information content (AvgIpc) is 2.73. The number of aromatic nitrogens is 2. The molecule has 0 spiro atoms. The normalized spacial score (nSPS) is 10.7. The number of anilines is 1. The van der Waals surface area contributed by atoms with Crippen LogP contribution in [-0.4, -0.2) is 49.6 Å². The molecule has 0 bridgehead atoms. The third kappa shape index (κ3) is 5.65. The quantitative estimate of drug-likeness (QED) is 0.382. The highest BCUT2D eigenvalue weighted by molar-refractivity contribution is 5.81. The highest BCUT2D eigenvalue weighted by Crippen LogP contribution is 2.32. The summed E-state index contributed by atoms with van der Waals surface area (Å²) >= 11 is 0. The number of hydrogen-bond acceptors (Lipinski definition) is 7. The van der Waals surface area contributed by atoms with Crippen molar-refractivity contribution < 1.29 is 19.0 Å². The Labute approximate surface area is 176 Å². The number of ether oxygens (including phenoxy) is 3. The highest BCUT2D eigenvalue weighted by Gasteiger charge is 2.15. The van der Waals surface area contributed by atoms with Gasteiger partial charge < -0.3 is 29.4 Å². The van der Waals surface area contributed by atoms with Crippen molar-refractivity contribution in [3.05, 3.63) is 30.3 Å². The van der Waals surface area contributed by atoms with E-state index in [1.54, 1.807) is 14.2 Å². The molecule has 1 heterocycles. The molecule has 2 aromatic rings. The zero-order valence-electron chi connectivity index (χ0n) is 18.1. The number of amides is 1. The Balaban J connectivity index is 2.10. The first kappa shape index (κ1) is 23.1. The number of unbranched alkanes of at least 4 members (excludes halogenated alkanes) is 1. The lowest BCUT2D eigenvalue weighted by Crippen LogP contribution is -2.28. The summed E-state index contributed by atoms with van der Waals surface area (Å²) in [5.41, 5.74) is 1.82. The lowest BCUT2D eigenvalue weighted by Gasteiger charge is -2.19. The first-order valence-corrected chi connectivity index (χ1v) is 9.91. The molecule has 1 aromatic carbocycles. The molecule has 0 saturated carbocycles. The summed E-state index contributed by atoms with van der Waals surface area (Å²) in [5.74, 6) is 1.69. The molecule has 9 heteroatoms. The molecule has 0 unspecified atom stereocenters. The van der Waals surface area contributed by atoms with Gasteiger partial charge >= 0.3 is 6.09 Å². The van der Waals surface area contributed by atoms with Crippen molar-refractivity contribution in [2.45, 2.75) is 32.7 Å². The van der Waals surface area contributed by atoms with Gasteiger partial charge in [0.15, 0.2) is 22.8 Å². The smallest absolute Gasteiger partial charge is 0.407 e. The molecule has 0 atom stereocenters. The molecule has 164 valence electrons. The Morgan fingerprint density at radius 3 is 2.53 bits per heavy atom. The molecule has 0 aliphatic carbocycles. The predicted molar refractivity (Wildman–Crippen MR) is 116 cm³/mol. The zero-order valence-corrected chi connectivity index (χ0v) is 18.1. The Hall–Kier alpha value is -3.23. The Bertz CT molecular complexity index is 939. The summed E-state index contributed by atoms with van der Waals surface area (Å²) in [4.78, 5) is 16.0. The van der Waals surface area contributed by atoms with Crippen LogP contribution < -0.4 is 25.6 Å². The first-order chi connectivity index (χ1) is 14.4. The number of carbonyl (C=O) groups is 1. The maximum Gasteiger partial charge on any atom is 0.407 e. The van der Waals surface area contributed by atoms with Crippen LogP contribution in [0.3, 0.4) is 0 Å². The second-order valence-corrected chi connectivity index (χ2v) is 6.92. The number of fused-ring (bicyclic) bond motifs is 1. The number of nitrogens with one attached hydrogen (secondary N) is 3. The van der Waals surface area contributed by atoms with Crippen LogP contribution in [0.15, 0.2) is 24.8 Å². The molecule has 2 rings (SSSR count). The minimum Gasteiger partial charge on any atom is -0.493 e. The fraction of sp³-hybridized carbons (Fsp3) is 0.476. The predicted octanol–water partition coefficient (Wildman–Crippen LogP) is 3.22. The van der Waals surface area contributed by atoms with Crippen molar-refractivity contribution in [1.29, 1.82) is 5.41 Å². The molecule has 0 aliphatic heterocycles. The molecular weight excluding hydrogens is 386 g/mol. The van der Waals surface area contributed by atoms with Gasteiger partial charge in [-0.1, -0.05) is 12.7 Å². The molecule has 9 nitrogen and oxygen atoms in total. The number of carbonyl (C=O) groups excluding carboxylic acids is 1. The van der Waals surface area contributed by atoms with Gasteiger partial charge in [-0.3, -0.25) is 5.41 Å². The standard InChI is InChI=1S/C21H31N5O4/c1-6-11-30-21(27)24-10-8-7-9-23-20-19(22)26(14(2)3)16-13-18(29-5)17(28-4)12-15(16)25-20/h6,12-14,22H,1,7-11H2,2-5H3,(H,23,25)(H,24,27). The van der Waals surface area contributed by atoms with E-state index in [1.807, 2.05) is 30.5 Å². The van der Waals surface area contributed by atoms with Crippen LogP contribution in [0.25, 0.3) is 11.0 Å². The number of benzene rings is 1. The first-order valence-electron chi connectivity index (χ1n) is 9.91. The van der Waals surface area contributed by atoms with Crippen LogP contribution in [0.5, 0.6) is 11.5 Å². The van der Waals surface area contributed by atoms with E-state index in [0.717, 1.165) is 18.4 Å². The van der Waals surface area contributed by atoms with Gasteiger partial charge in [0, 0.05) is 31.3 Å². The van der Waals surface area contributed by atoms with Crippen LogP contribution in [0.4, 0.5) is 10.6 Å². The van der Waals surface area contributed by atoms with Gasteiger partial charge in [0.25, 0.3) is 0 Å². The monoisotopic (exact) mass is 417 g/mol. The van der Waals surface area contributed by atoms with Crippen LogP contribution in [0.2, 0.25) is 0 Å². The minimum atomic E-state index is -0.449. The summed E-state index contributed by atoms with van der Waals surface area (Å²) in [7, 11) is 3.17. The molecule has 0 aliphatic rings. The van der Waals surface area contributed by atoms with Gasteiger partial charge in [0.05, 0.1) is 25.3 Å². The number of nitrogens with zero attached hydrogens (tertiary/aromatic N) is 2. The average molecular weight is 418 g/mol. The summed E-state index contributed by atoms with van der Waals surface area (Å²) in [6, 6.07) is 3.73. The fourth-order valence-electron chi connectivity index (χ4n) is 3.04. The Kier molecular flexibility index (Phi) is 8.52. The SMILES string of the molecule is C=CCOC(=O)NCCCCNc1nc2cc(OC)c(OC)cc2n(C(C)C)c1=N. The number of alkyl carbamates (subject to hydrolysis) is 1. The maximum atomic E-state index is 11.4. The van der Waals surface area contributed by atoms with E-state index in [1.165, 1.54) is 6.08 Å². The van der Waals surface area contributed by atoms with E-state index >= 15 is 0 Å². The lowest BCUT2D eigenvalue weighted by molar-refractivity contribution is 0.158. The summed E-state index contributed by atoms with van der Waals surface area (Å²) in [6.07, 6.45) is 2.64. The van der Waals surface area contributed by atoms with Crippen LogP contribution >= 0.6 is 0 Å².